The first-order valence-corrected chi connectivity index (χ1v) is 17.6. The summed E-state index contributed by atoms with van der Waals surface area (Å²) in [6, 6.07) is 0. The van der Waals surface area contributed by atoms with Crippen molar-refractivity contribution < 1.29 is 55.1 Å². The van der Waals surface area contributed by atoms with E-state index in [-0.39, 0.29) is 41.6 Å². The van der Waals surface area contributed by atoms with Crippen LogP contribution in [0.4, 0.5) is 0 Å². The second-order valence-corrected chi connectivity index (χ2v) is 17.9. The number of carbonyl (C=O) groups is 1. The third-order valence-corrected chi connectivity index (χ3v) is 15.4. The van der Waals surface area contributed by atoms with E-state index in [1.807, 2.05) is 20.8 Å². The highest BCUT2D eigenvalue weighted by molar-refractivity contribution is 5.77. The number of fused-ring (bicyclic) bond motifs is 7. The van der Waals surface area contributed by atoms with E-state index in [9.17, 15) is 45.6 Å². The van der Waals surface area contributed by atoms with Crippen LogP contribution in [0.5, 0.6) is 0 Å². The molecule has 16 atom stereocenters. The molecule has 4 saturated carbocycles. The van der Waals surface area contributed by atoms with Crippen molar-refractivity contribution in [3.05, 3.63) is 11.6 Å². The van der Waals surface area contributed by atoms with E-state index in [2.05, 4.69) is 26.8 Å². The molecule has 0 bridgehead atoms. The smallest absolute Gasteiger partial charge is 0.310 e. The van der Waals surface area contributed by atoms with Gasteiger partial charge >= 0.3 is 5.97 Å². The lowest BCUT2D eigenvalue weighted by atomic mass is 9.33. The van der Waals surface area contributed by atoms with Crippen LogP contribution < -0.4 is 0 Å². The molecule has 0 aromatic heterocycles. The average Bonchev–Trinajstić information content (AvgIpc) is 3.00. The summed E-state index contributed by atoms with van der Waals surface area (Å²) in [5.74, 6) is -0.949. The Morgan fingerprint density at radius 3 is 2.19 bits per heavy atom. The normalized spacial score (nSPS) is 55.5. The fraction of sp³-hybridized carbons (Fsp3) is 0.917. The molecule has 0 spiro atoms. The Kier molecular flexibility index (Phi) is 8.68. The zero-order chi connectivity index (χ0) is 34.7. The number of allylic oxidation sites excluding steroid dienone is 2. The van der Waals surface area contributed by atoms with Crippen LogP contribution in [0, 0.1) is 50.2 Å². The highest BCUT2D eigenvalue weighted by Gasteiger charge is 2.71. The average molecular weight is 667 g/mol. The minimum absolute atomic E-state index is 0.0830. The second-order valence-electron chi connectivity index (χ2n) is 17.9. The Morgan fingerprint density at radius 1 is 0.894 bits per heavy atom. The third kappa shape index (κ3) is 4.74. The van der Waals surface area contributed by atoms with E-state index in [1.54, 1.807) is 0 Å². The van der Waals surface area contributed by atoms with Crippen molar-refractivity contribution in [3.63, 3.8) is 0 Å². The highest BCUT2D eigenvalue weighted by Crippen LogP contribution is 2.76. The van der Waals surface area contributed by atoms with Crippen molar-refractivity contribution in [1.82, 2.24) is 0 Å². The van der Waals surface area contributed by atoms with Gasteiger partial charge in [0.2, 0.25) is 0 Å². The summed E-state index contributed by atoms with van der Waals surface area (Å²) in [6.07, 6.45) is -3.01. The number of carboxylic acid groups (broad SMARTS) is 1. The molecule has 6 aliphatic rings. The van der Waals surface area contributed by atoms with E-state index < -0.39 is 83.3 Å². The van der Waals surface area contributed by atoms with Crippen LogP contribution in [0.1, 0.15) is 92.9 Å². The predicted octanol–water partition coefficient (Wildman–Crippen LogP) is 1.97. The lowest BCUT2D eigenvalue weighted by Crippen LogP contribution is -2.69. The molecular formula is C36H58O11. The van der Waals surface area contributed by atoms with Gasteiger partial charge in [-0.2, -0.15) is 0 Å². The first-order chi connectivity index (χ1) is 21.8. The van der Waals surface area contributed by atoms with Crippen LogP contribution in [0.3, 0.4) is 0 Å². The molecule has 0 amide bonds. The summed E-state index contributed by atoms with van der Waals surface area (Å²) < 4.78 is 11.9. The summed E-state index contributed by atoms with van der Waals surface area (Å²) in [7, 11) is 0. The maximum atomic E-state index is 13.0. The fourth-order valence-electron chi connectivity index (χ4n) is 12.3. The SMILES string of the molecule is CC1(C)CC2C3=CCC4[C@@]5(C)C[C@H](O)[C@H](O[C@@H]6O[C@H](CO)[C@@H](O)[C@H](O)[C@H]6O)[C@@](C)(CO)C5CC[C@@]4(C)[C@]3(C)CC[C@@]2(C(=O)O)C[C@@H]1O. The molecule has 47 heavy (non-hydrogen) atoms. The number of carboxylic acids is 1. The van der Waals surface area contributed by atoms with Gasteiger partial charge in [-0.3, -0.25) is 4.79 Å². The van der Waals surface area contributed by atoms with Crippen molar-refractivity contribution in [2.24, 2.45) is 50.2 Å². The fourth-order valence-corrected chi connectivity index (χ4v) is 12.3. The molecule has 1 heterocycles. The van der Waals surface area contributed by atoms with E-state index in [0.29, 0.717) is 25.7 Å². The summed E-state index contributed by atoms with van der Waals surface area (Å²) >= 11 is 0. The van der Waals surface area contributed by atoms with E-state index in [0.717, 1.165) is 19.3 Å². The van der Waals surface area contributed by atoms with Crippen LogP contribution in [-0.2, 0) is 14.3 Å². The second kappa shape index (κ2) is 11.4. The van der Waals surface area contributed by atoms with E-state index in [4.69, 9.17) is 9.47 Å². The summed E-state index contributed by atoms with van der Waals surface area (Å²) in [6.45, 7) is 12.0. The van der Waals surface area contributed by atoms with Gasteiger partial charge in [-0.25, -0.2) is 0 Å². The van der Waals surface area contributed by atoms with Gasteiger partial charge in [0.15, 0.2) is 6.29 Å². The quantitative estimate of drug-likeness (QED) is 0.158. The molecule has 11 nitrogen and oxygen atoms in total. The molecular weight excluding hydrogens is 608 g/mol. The number of ether oxygens (including phenoxy) is 2. The van der Waals surface area contributed by atoms with Gasteiger partial charge in [-0.15, -0.1) is 0 Å². The van der Waals surface area contributed by atoms with Crippen molar-refractivity contribution in [3.8, 4) is 0 Å². The zero-order valence-corrected chi connectivity index (χ0v) is 28.8. The Balaban J connectivity index is 1.34. The number of aliphatic carboxylic acids is 1. The highest BCUT2D eigenvalue weighted by atomic mass is 16.7. The van der Waals surface area contributed by atoms with Crippen LogP contribution in [-0.4, -0.2) is 109 Å². The van der Waals surface area contributed by atoms with Gasteiger partial charge in [-0.05, 0) is 90.8 Å². The predicted molar refractivity (Wildman–Crippen MR) is 170 cm³/mol. The molecule has 11 heteroatoms. The number of aliphatic hydroxyl groups is 7. The minimum Gasteiger partial charge on any atom is -0.481 e. The molecule has 0 aromatic carbocycles. The van der Waals surface area contributed by atoms with Crippen molar-refractivity contribution in [2.75, 3.05) is 13.2 Å². The Hall–Kier alpha value is -1.15. The van der Waals surface area contributed by atoms with Gasteiger partial charge in [0.25, 0.3) is 0 Å². The number of hydrogen-bond acceptors (Lipinski definition) is 10. The molecule has 1 saturated heterocycles. The third-order valence-electron chi connectivity index (χ3n) is 15.4. The largest absolute Gasteiger partial charge is 0.481 e. The maximum Gasteiger partial charge on any atom is 0.310 e. The van der Waals surface area contributed by atoms with Crippen LogP contribution in [0.25, 0.3) is 0 Å². The molecule has 6 rings (SSSR count). The number of hydrogen-bond donors (Lipinski definition) is 8. The monoisotopic (exact) mass is 666 g/mol. The summed E-state index contributed by atoms with van der Waals surface area (Å²) in [5.41, 5.74) is -2.05. The van der Waals surface area contributed by atoms with Crippen molar-refractivity contribution in [1.29, 1.82) is 0 Å². The van der Waals surface area contributed by atoms with Gasteiger partial charge in [0.1, 0.15) is 24.4 Å². The number of rotatable bonds is 5. The number of aliphatic hydroxyl groups excluding tert-OH is 7. The Morgan fingerprint density at radius 2 is 1.57 bits per heavy atom. The van der Waals surface area contributed by atoms with Gasteiger partial charge < -0.3 is 50.3 Å². The van der Waals surface area contributed by atoms with Gasteiger partial charge in [0, 0.05) is 5.41 Å². The minimum atomic E-state index is -1.62. The first kappa shape index (κ1) is 35.7. The van der Waals surface area contributed by atoms with Crippen LogP contribution in [0.15, 0.2) is 11.6 Å². The van der Waals surface area contributed by atoms with E-state index in [1.165, 1.54) is 5.57 Å². The standard InChI is InChI=1S/C36H58O11/c1-31(2)13-19-18-7-8-23-32(3)14-20(39)28(47-29-27(43)26(42)25(41)21(16-37)46-29)33(4,17-38)22(32)9-10-35(23,6)34(18,5)11-12-36(19,30(44)45)15-24(31)40/h7,19-29,37-43H,8-17H2,1-6H3,(H,44,45)/t19?,20-,21+,22?,23?,24-,25+,26-,27+,28-,29-,32-,33-,34+,35+,36+/m0/s1. The first-order valence-electron chi connectivity index (χ1n) is 17.6. The lowest BCUT2D eigenvalue weighted by Gasteiger charge is -2.72. The van der Waals surface area contributed by atoms with Crippen LogP contribution in [0.2, 0.25) is 0 Å². The zero-order valence-electron chi connectivity index (χ0n) is 28.8. The molecule has 268 valence electrons. The molecule has 8 N–H and O–H groups in total. The van der Waals surface area contributed by atoms with Crippen molar-refractivity contribution in [2.45, 2.75) is 142 Å². The van der Waals surface area contributed by atoms with Crippen molar-refractivity contribution >= 4 is 5.97 Å². The molecule has 3 unspecified atom stereocenters. The van der Waals surface area contributed by atoms with Gasteiger partial charge in [-0.1, -0.05) is 53.2 Å². The van der Waals surface area contributed by atoms with Crippen LogP contribution >= 0.6 is 0 Å². The molecule has 1 aliphatic heterocycles. The molecule has 0 aromatic rings. The Labute approximate surface area is 278 Å². The molecule has 5 fully saturated rings. The topological polar surface area (TPSA) is 197 Å². The summed E-state index contributed by atoms with van der Waals surface area (Å²) in [4.78, 5) is 13.0. The molecule has 0 radical (unpaired) electrons. The lowest BCUT2D eigenvalue weighted by molar-refractivity contribution is -0.345. The summed E-state index contributed by atoms with van der Waals surface area (Å²) in [5, 5.41) is 85.7. The van der Waals surface area contributed by atoms with Gasteiger partial charge in [0.05, 0.1) is 36.9 Å². The molecule has 5 aliphatic carbocycles. The Bertz CT molecular complexity index is 1270. The van der Waals surface area contributed by atoms with E-state index >= 15 is 0 Å². The maximum absolute atomic E-state index is 13.0.